The second kappa shape index (κ2) is 6.80. The maximum absolute atomic E-state index is 11.7. The highest BCUT2D eigenvalue weighted by molar-refractivity contribution is 5.76. The molecule has 15 heavy (non-hydrogen) atoms. The molecule has 1 aliphatic heterocycles. The quantitative estimate of drug-likeness (QED) is 0.628. The molecule has 1 amide bonds. The number of amides is 1. The lowest BCUT2D eigenvalue weighted by atomic mass is 10.2. The van der Waals surface area contributed by atoms with Crippen molar-refractivity contribution in [2.45, 2.75) is 19.3 Å². The van der Waals surface area contributed by atoms with Crippen LogP contribution in [0, 0.1) is 0 Å². The molecule has 0 N–H and O–H groups in total. The fourth-order valence-corrected chi connectivity index (χ4v) is 1.74. The van der Waals surface area contributed by atoms with Crippen LogP contribution < -0.4 is 0 Å². The molecule has 0 aromatic heterocycles. The molecule has 1 rings (SSSR count). The predicted octanol–water partition coefficient (Wildman–Crippen LogP) is 0.577. The minimum atomic E-state index is 0.305. The van der Waals surface area contributed by atoms with Crippen molar-refractivity contribution in [1.82, 2.24) is 9.80 Å². The molecule has 0 aromatic carbocycles. The Morgan fingerprint density at radius 3 is 2.47 bits per heavy atom. The highest BCUT2D eigenvalue weighted by atomic mass is 16.5. The summed E-state index contributed by atoms with van der Waals surface area (Å²) in [5.41, 5.74) is 0. The van der Waals surface area contributed by atoms with Gasteiger partial charge < -0.3 is 14.5 Å². The van der Waals surface area contributed by atoms with Crippen LogP contribution in [-0.2, 0) is 9.53 Å². The Morgan fingerprint density at radius 1 is 1.20 bits per heavy atom. The molecule has 4 nitrogen and oxygen atoms in total. The van der Waals surface area contributed by atoms with Crippen LogP contribution in [0.3, 0.4) is 0 Å². The Hall–Kier alpha value is -0.610. The summed E-state index contributed by atoms with van der Waals surface area (Å²) in [4.78, 5) is 16.0. The molecular weight excluding hydrogens is 192 g/mol. The lowest BCUT2D eigenvalue weighted by molar-refractivity contribution is -0.132. The van der Waals surface area contributed by atoms with Crippen molar-refractivity contribution in [3.8, 4) is 0 Å². The van der Waals surface area contributed by atoms with Crippen LogP contribution in [0.25, 0.3) is 0 Å². The number of likely N-dealkylation sites (N-methyl/N-ethyl adjacent to an activating group) is 1. The summed E-state index contributed by atoms with van der Waals surface area (Å²) in [6, 6.07) is 0. The smallest absolute Gasteiger partial charge is 0.222 e. The Morgan fingerprint density at radius 2 is 1.87 bits per heavy atom. The number of carbonyl (C=O) groups is 1. The normalized spacial score (nSPS) is 18.1. The summed E-state index contributed by atoms with van der Waals surface area (Å²) in [6.45, 7) is 4.54. The van der Waals surface area contributed by atoms with E-state index < -0.39 is 0 Å². The van der Waals surface area contributed by atoms with Gasteiger partial charge in [-0.15, -0.1) is 0 Å². The molecule has 1 fully saturated rings. The first-order valence-electron chi connectivity index (χ1n) is 5.69. The Bertz CT molecular complexity index is 189. The zero-order valence-corrected chi connectivity index (χ0v) is 9.87. The number of hydrogen-bond donors (Lipinski definition) is 0. The van der Waals surface area contributed by atoms with E-state index in [4.69, 9.17) is 4.74 Å². The highest BCUT2D eigenvalue weighted by Crippen LogP contribution is 2.05. The molecular formula is C11H22N2O2. The van der Waals surface area contributed by atoms with Gasteiger partial charge in [0.05, 0.1) is 0 Å². The fraction of sp³-hybridized carbons (Fsp3) is 0.909. The van der Waals surface area contributed by atoms with Gasteiger partial charge in [-0.3, -0.25) is 4.79 Å². The SMILES string of the molecule is COCCCCC(=O)N1CCN(C)CC1. The molecule has 0 bridgehead atoms. The largest absolute Gasteiger partial charge is 0.385 e. The van der Waals surface area contributed by atoms with E-state index in [9.17, 15) is 4.79 Å². The average Bonchev–Trinajstić information content (AvgIpc) is 2.25. The zero-order valence-electron chi connectivity index (χ0n) is 9.87. The molecule has 1 aliphatic rings. The first-order chi connectivity index (χ1) is 7.24. The minimum absolute atomic E-state index is 0.305. The fourth-order valence-electron chi connectivity index (χ4n) is 1.74. The molecule has 1 saturated heterocycles. The van der Waals surface area contributed by atoms with Crippen molar-refractivity contribution in [2.24, 2.45) is 0 Å². The summed E-state index contributed by atoms with van der Waals surface area (Å²) in [7, 11) is 3.79. The van der Waals surface area contributed by atoms with Gasteiger partial charge in [-0.2, -0.15) is 0 Å². The number of piperazine rings is 1. The number of rotatable bonds is 5. The Balaban J connectivity index is 2.11. The van der Waals surface area contributed by atoms with Gasteiger partial charge in [0.25, 0.3) is 0 Å². The van der Waals surface area contributed by atoms with E-state index in [0.29, 0.717) is 12.3 Å². The van der Waals surface area contributed by atoms with Crippen LogP contribution in [0.1, 0.15) is 19.3 Å². The van der Waals surface area contributed by atoms with E-state index in [1.807, 2.05) is 4.90 Å². The molecule has 0 aliphatic carbocycles. The second-order valence-corrected chi connectivity index (χ2v) is 4.13. The van der Waals surface area contributed by atoms with E-state index >= 15 is 0 Å². The number of unbranched alkanes of at least 4 members (excludes halogenated alkanes) is 1. The predicted molar refractivity (Wildman–Crippen MR) is 59.8 cm³/mol. The number of carbonyl (C=O) groups excluding carboxylic acids is 1. The number of ether oxygens (including phenoxy) is 1. The maximum Gasteiger partial charge on any atom is 0.222 e. The topological polar surface area (TPSA) is 32.8 Å². The van der Waals surface area contributed by atoms with Gasteiger partial charge >= 0.3 is 0 Å². The van der Waals surface area contributed by atoms with Crippen LogP contribution >= 0.6 is 0 Å². The second-order valence-electron chi connectivity index (χ2n) is 4.13. The summed E-state index contributed by atoms with van der Waals surface area (Å²) in [5, 5.41) is 0. The lowest BCUT2D eigenvalue weighted by Crippen LogP contribution is -2.47. The van der Waals surface area contributed by atoms with Crippen LogP contribution in [0.5, 0.6) is 0 Å². The molecule has 1 heterocycles. The molecule has 0 unspecified atom stereocenters. The van der Waals surface area contributed by atoms with Crippen LogP contribution in [0.15, 0.2) is 0 Å². The average molecular weight is 214 g/mol. The van der Waals surface area contributed by atoms with Gasteiger partial charge in [-0.05, 0) is 19.9 Å². The van der Waals surface area contributed by atoms with E-state index in [2.05, 4.69) is 11.9 Å². The summed E-state index contributed by atoms with van der Waals surface area (Å²) in [6.07, 6.45) is 2.60. The van der Waals surface area contributed by atoms with E-state index in [0.717, 1.165) is 45.6 Å². The van der Waals surface area contributed by atoms with Crippen molar-refractivity contribution in [1.29, 1.82) is 0 Å². The molecule has 88 valence electrons. The van der Waals surface area contributed by atoms with Crippen LogP contribution in [0.4, 0.5) is 0 Å². The summed E-state index contributed by atoms with van der Waals surface area (Å²) < 4.78 is 4.95. The van der Waals surface area contributed by atoms with Gasteiger partial charge in [0, 0.05) is 46.3 Å². The monoisotopic (exact) mass is 214 g/mol. The lowest BCUT2D eigenvalue weighted by Gasteiger charge is -2.32. The Labute approximate surface area is 92.2 Å². The first kappa shape index (κ1) is 12.5. The zero-order chi connectivity index (χ0) is 11.1. The molecule has 4 heteroatoms. The van der Waals surface area contributed by atoms with Crippen molar-refractivity contribution < 1.29 is 9.53 Å². The van der Waals surface area contributed by atoms with E-state index in [-0.39, 0.29) is 0 Å². The van der Waals surface area contributed by atoms with Gasteiger partial charge in [0.1, 0.15) is 0 Å². The molecule has 0 spiro atoms. The van der Waals surface area contributed by atoms with Crippen molar-refractivity contribution >= 4 is 5.91 Å². The third-order valence-electron chi connectivity index (χ3n) is 2.85. The number of hydrogen-bond acceptors (Lipinski definition) is 3. The molecule has 0 saturated carbocycles. The van der Waals surface area contributed by atoms with Crippen molar-refractivity contribution in [3.63, 3.8) is 0 Å². The van der Waals surface area contributed by atoms with E-state index in [1.54, 1.807) is 7.11 Å². The minimum Gasteiger partial charge on any atom is -0.385 e. The van der Waals surface area contributed by atoms with E-state index in [1.165, 1.54) is 0 Å². The third kappa shape index (κ3) is 4.62. The standard InChI is InChI=1S/C11H22N2O2/c1-12-6-8-13(9-7-12)11(14)5-3-4-10-15-2/h3-10H2,1-2H3. The van der Waals surface area contributed by atoms with Gasteiger partial charge in [-0.1, -0.05) is 0 Å². The van der Waals surface area contributed by atoms with Crippen molar-refractivity contribution in [2.75, 3.05) is 46.9 Å². The van der Waals surface area contributed by atoms with Gasteiger partial charge in [0.2, 0.25) is 5.91 Å². The third-order valence-corrected chi connectivity index (χ3v) is 2.85. The van der Waals surface area contributed by atoms with Gasteiger partial charge in [0.15, 0.2) is 0 Å². The number of nitrogens with zero attached hydrogens (tertiary/aromatic N) is 2. The molecule has 0 aromatic rings. The first-order valence-corrected chi connectivity index (χ1v) is 5.69. The van der Waals surface area contributed by atoms with Crippen LogP contribution in [-0.4, -0.2) is 62.7 Å². The van der Waals surface area contributed by atoms with Crippen LogP contribution in [0.2, 0.25) is 0 Å². The summed E-state index contributed by atoms with van der Waals surface area (Å²) >= 11 is 0. The molecule has 0 atom stereocenters. The maximum atomic E-state index is 11.7. The molecule has 0 radical (unpaired) electrons. The Kier molecular flexibility index (Phi) is 5.65. The highest BCUT2D eigenvalue weighted by Gasteiger charge is 2.17. The van der Waals surface area contributed by atoms with Gasteiger partial charge in [-0.25, -0.2) is 0 Å². The van der Waals surface area contributed by atoms with Crippen molar-refractivity contribution in [3.05, 3.63) is 0 Å². The number of methoxy groups -OCH3 is 1. The summed E-state index contributed by atoms with van der Waals surface area (Å²) in [5.74, 6) is 0.305.